The number of aryl methyl sites for hydroxylation is 1. The second-order valence-corrected chi connectivity index (χ2v) is 4.86. The number of nitrogen functional groups attached to an aromatic ring is 1. The van der Waals surface area contributed by atoms with E-state index in [2.05, 4.69) is 5.32 Å². The zero-order valence-corrected chi connectivity index (χ0v) is 11.8. The molecule has 0 spiro atoms. The van der Waals surface area contributed by atoms with Gasteiger partial charge in [0.1, 0.15) is 0 Å². The zero-order valence-electron chi connectivity index (χ0n) is 11.1. The summed E-state index contributed by atoms with van der Waals surface area (Å²) in [6.07, 6.45) is 3.20. The van der Waals surface area contributed by atoms with Crippen LogP contribution < -0.4 is 11.1 Å². The molecule has 0 aliphatic heterocycles. The summed E-state index contributed by atoms with van der Waals surface area (Å²) in [6.45, 7) is 1.91. The highest BCUT2D eigenvalue weighted by Gasteiger charge is 2.00. The van der Waals surface area contributed by atoms with E-state index in [4.69, 9.17) is 17.3 Å². The minimum atomic E-state index is -0.207. The molecular formula is C16H15ClN2O. The number of carbonyl (C=O) groups is 1. The normalized spacial score (nSPS) is 10.7. The zero-order chi connectivity index (χ0) is 14.5. The van der Waals surface area contributed by atoms with Crippen LogP contribution in [0.15, 0.2) is 48.5 Å². The van der Waals surface area contributed by atoms with E-state index in [0.717, 1.165) is 11.1 Å². The first kappa shape index (κ1) is 14.2. The van der Waals surface area contributed by atoms with E-state index >= 15 is 0 Å². The van der Waals surface area contributed by atoms with Crippen LogP contribution in [0.1, 0.15) is 11.1 Å². The molecule has 20 heavy (non-hydrogen) atoms. The standard InChI is InChI=1S/C16H15ClN2O/c1-11-2-8-14(10-15(11)17)19-16(20)9-5-12-3-6-13(18)7-4-12/h2-10H,18H2,1H3,(H,19,20)/b9-5+. The highest BCUT2D eigenvalue weighted by molar-refractivity contribution is 6.31. The summed E-state index contributed by atoms with van der Waals surface area (Å²) in [5.74, 6) is -0.207. The maximum atomic E-state index is 11.8. The fraction of sp³-hybridized carbons (Fsp3) is 0.0625. The third-order valence-electron chi connectivity index (χ3n) is 2.80. The van der Waals surface area contributed by atoms with Crippen LogP contribution in [0.4, 0.5) is 11.4 Å². The van der Waals surface area contributed by atoms with Gasteiger partial charge in [-0.3, -0.25) is 4.79 Å². The molecule has 0 aliphatic carbocycles. The lowest BCUT2D eigenvalue weighted by atomic mass is 10.2. The minimum absolute atomic E-state index is 0.207. The number of nitrogens with two attached hydrogens (primary N) is 1. The first-order valence-corrected chi connectivity index (χ1v) is 6.53. The van der Waals surface area contributed by atoms with Crippen LogP contribution in [0.25, 0.3) is 6.08 Å². The number of nitrogens with one attached hydrogen (secondary N) is 1. The number of hydrogen-bond donors (Lipinski definition) is 2. The predicted molar refractivity (Wildman–Crippen MR) is 84.7 cm³/mol. The van der Waals surface area contributed by atoms with E-state index in [-0.39, 0.29) is 5.91 Å². The lowest BCUT2D eigenvalue weighted by Gasteiger charge is -2.04. The van der Waals surface area contributed by atoms with Crippen molar-refractivity contribution in [2.24, 2.45) is 0 Å². The van der Waals surface area contributed by atoms with Crippen molar-refractivity contribution in [3.05, 3.63) is 64.7 Å². The highest BCUT2D eigenvalue weighted by Crippen LogP contribution is 2.19. The van der Waals surface area contributed by atoms with Crippen molar-refractivity contribution in [2.45, 2.75) is 6.92 Å². The van der Waals surface area contributed by atoms with E-state index < -0.39 is 0 Å². The summed E-state index contributed by atoms with van der Waals surface area (Å²) in [4.78, 5) is 11.8. The Kier molecular flexibility index (Phi) is 4.43. The van der Waals surface area contributed by atoms with Crippen LogP contribution in [0.3, 0.4) is 0 Å². The Morgan fingerprint density at radius 3 is 2.55 bits per heavy atom. The number of hydrogen-bond acceptors (Lipinski definition) is 2. The molecule has 0 unspecified atom stereocenters. The Morgan fingerprint density at radius 1 is 1.20 bits per heavy atom. The number of rotatable bonds is 3. The average Bonchev–Trinajstić information content (AvgIpc) is 2.42. The fourth-order valence-electron chi connectivity index (χ4n) is 1.63. The number of halogens is 1. The topological polar surface area (TPSA) is 55.1 Å². The van der Waals surface area contributed by atoms with Gasteiger partial charge in [-0.2, -0.15) is 0 Å². The summed E-state index contributed by atoms with van der Waals surface area (Å²) in [7, 11) is 0. The number of carbonyl (C=O) groups excluding carboxylic acids is 1. The van der Waals surface area contributed by atoms with Crippen molar-refractivity contribution in [3.8, 4) is 0 Å². The van der Waals surface area contributed by atoms with E-state index in [1.165, 1.54) is 6.08 Å². The molecule has 0 bridgehead atoms. The Morgan fingerprint density at radius 2 is 1.90 bits per heavy atom. The molecule has 0 radical (unpaired) electrons. The van der Waals surface area contributed by atoms with E-state index in [1.807, 2.05) is 31.2 Å². The maximum absolute atomic E-state index is 11.8. The SMILES string of the molecule is Cc1ccc(NC(=O)/C=C/c2ccc(N)cc2)cc1Cl. The highest BCUT2D eigenvalue weighted by atomic mass is 35.5. The molecular weight excluding hydrogens is 272 g/mol. The molecule has 2 rings (SSSR count). The Labute approximate surface area is 123 Å². The third kappa shape index (κ3) is 3.87. The van der Waals surface area contributed by atoms with Gasteiger partial charge in [-0.1, -0.05) is 29.8 Å². The van der Waals surface area contributed by atoms with Gasteiger partial charge in [0.15, 0.2) is 0 Å². The molecule has 1 amide bonds. The van der Waals surface area contributed by atoms with Crippen LogP contribution in [0.2, 0.25) is 5.02 Å². The first-order chi connectivity index (χ1) is 9.54. The number of amides is 1. The Hall–Kier alpha value is -2.26. The largest absolute Gasteiger partial charge is 0.399 e. The van der Waals surface area contributed by atoms with Crippen molar-refractivity contribution in [1.29, 1.82) is 0 Å². The molecule has 3 nitrogen and oxygen atoms in total. The van der Waals surface area contributed by atoms with Gasteiger partial charge in [0, 0.05) is 22.5 Å². The Bertz CT molecular complexity index is 648. The van der Waals surface area contributed by atoms with Crippen LogP contribution in [0.5, 0.6) is 0 Å². The van der Waals surface area contributed by atoms with Gasteiger partial charge in [0.05, 0.1) is 0 Å². The second kappa shape index (κ2) is 6.26. The van der Waals surface area contributed by atoms with E-state index in [0.29, 0.717) is 16.4 Å². The van der Waals surface area contributed by atoms with Gasteiger partial charge < -0.3 is 11.1 Å². The number of anilines is 2. The maximum Gasteiger partial charge on any atom is 0.248 e. The third-order valence-corrected chi connectivity index (χ3v) is 3.21. The molecule has 102 valence electrons. The fourth-order valence-corrected chi connectivity index (χ4v) is 1.81. The van der Waals surface area contributed by atoms with E-state index in [9.17, 15) is 4.79 Å². The number of benzene rings is 2. The summed E-state index contributed by atoms with van der Waals surface area (Å²) in [6, 6.07) is 12.7. The average molecular weight is 287 g/mol. The molecule has 0 atom stereocenters. The second-order valence-electron chi connectivity index (χ2n) is 4.45. The lowest BCUT2D eigenvalue weighted by Crippen LogP contribution is -2.07. The van der Waals surface area contributed by atoms with Crippen molar-refractivity contribution in [3.63, 3.8) is 0 Å². The van der Waals surface area contributed by atoms with Crippen molar-refractivity contribution >= 4 is 35.0 Å². The van der Waals surface area contributed by atoms with Crippen LogP contribution in [-0.2, 0) is 4.79 Å². The van der Waals surface area contributed by atoms with Gasteiger partial charge in [0.25, 0.3) is 0 Å². The van der Waals surface area contributed by atoms with Crippen molar-refractivity contribution in [1.82, 2.24) is 0 Å². The molecule has 3 N–H and O–H groups in total. The molecule has 0 heterocycles. The van der Waals surface area contributed by atoms with E-state index in [1.54, 1.807) is 24.3 Å². The molecule has 0 fully saturated rings. The molecule has 4 heteroatoms. The van der Waals surface area contributed by atoms with Crippen LogP contribution in [-0.4, -0.2) is 5.91 Å². The molecule has 2 aromatic carbocycles. The van der Waals surface area contributed by atoms with Gasteiger partial charge >= 0.3 is 0 Å². The Balaban J connectivity index is 2.01. The summed E-state index contributed by atoms with van der Waals surface area (Å²) >= 11 is 6.00. The van der Waals surface area contributed by atoms with Crippen LogP contribution >= 0.6 is 11.6 Å². The monoisotopic (exact) mass is 286 g/mol. The van der Waals surface area contributed by atoms with Gasteiger partial charge in [-0.15, -0.1) is 0 Å². The molecule has 0 aromatic heterocycles. The smallest absolute Gasteiger partial charge is 0.248 e. The predicted octanol–water partition coefficient (Wildman–Crippen LogP) is 3.88. The first-order valence-electron chi connectivity index (χ1n) is 6.15. The molecule has 0 aliphatic rings. The van der Waals surface area contributed by atoms with Gasteiger partial charge in [0.2, 0.25) is 5.91 Å². The molecule has 0 saturated heterocycles. The summed E-state index contributed by atoms with van der Waals surface area (Å²) in [5, 5.41) is 3.39. The summed E-state index contributed by atoms with van der Waals surface area (Å²) in [5.41, 5.74) is 8.85. The van der Waals surface area contributed by atoms with Gasteiger partial charge in [-0.05, 0) is 48.4 Å². The molecule has 2 aromatic rings. The van der Waals surface area contributed by atoms with Crippen molar-refractivity contribution in [2.75, 3.05) is 11.1 Å². The van der Waals surface area contributed by atoms with Crippen molar-refractivity contribution < 1.29 is 4.79 Å². The lowest BCUT2D eigenvalue weighted by molar-refractivity contribution is -0.111. The van der Waals surface area contributed by atoms with Crippen LogP contribution in [0, 0.1) is 6.92 Å². The summed E-state index contributed by atoms with van der Waals surface area (Å²) < 4.78 is 0. The van der Waals surface area contributed by atoms with Gasteiger partial charge in [-0.25, -0.2) is 0 Å². The molecule has 0 saturated carbocycles. The quantitative estimate of drug-likeness (QED) is 0.664. The minimum Gasteiger partial charge on any atom is -0.399 e.